The molecule has 0 aromatic heterocycles. The van der Waals surface area contributed by atoms with Gasteiger partial charge in [0.25, 0.3) is 0 Å². The first kappa shape index (κ1) is 20.0. The number of carbonyl (C=O) groups is 1. The summed E-state index contributed by atoms with van der Waals surface area (Å²) in [6.07, 6.45) is -1.30. The third kappa shape index (κ3) is 4.05. The van der Waals surface area contributed by atoms with Crippen LogP contribution < -0.4 is 0 Å². The summed E-state index contributed by atoms with van der Waals surface area (Å²) in [4.78, 5) is 14.5. The number of alkyl halides is 1. The van der Waals surface area contributed by atoms with Crippen LogP contribution in [0.2, 0.25) is 10.0 Å². The van der Waals surface area contributed by atoms with Gasteiger partial charge in [-0.05, 0) is 35.4 Å². The van der Waals surface area contributed by atoms with Crippen LogP contribution >= 0.6 is 23.2 Å². The molecule has 4 rings (SSSR count). The van der Waals surface area contributed by atoms with Gasteiger partial charge in [0.15, 0.2) is 0 Å². The summed E-state index contributed by atoms with van der Waals surface area (Å²) in [6.45, 7) is 1.83. The van der Waals surface area contributed by atoms with Gasteiger partial charge in [-0.15, -0.1) is 0 Å². The third-order valence-electron chi connectivity index (χ3n) is 5.34. The Labute approximate surface area is 179 Å². The number of amides is 1. The van der Waals surface area contributed by atoms with Crippen LogP contribution in [-0.4, -0.2) is 23.2 Å². The zero-order chi connectivity index (χ0) is 20.5. The molecule has 0 radical (unpaired) electrons. The molecule has 0 unspecified atom stereocenters. The van der Waals surface area contributed by atoms with Crippen LogP contribution in [-0.2, 0) is 11.3 Å². The second-order valence-electron chi connectivity index (χ2n) is 7.23. The van der Waals surface area contributed by atoms with Crippen LogP contribution in [0, 0.1) is 0 Å². The summed E-state index contributed by atoms with van der Waals surface area (Å²) in [5.74, 6) is 0. The quantitative estimate of drug-likeness (QED) is 0.436. The van der Waals surface area contributed by atoms with E-state index in [2.05, 4.69) is 0 Å². The maximum Gasteiger partial charge on any atom is 0.410 e. The van der Waals surface area contributed by atoms with Crippen molar-refractivity contribution >= 4 is 40.1 Å². The molecule has 1 fully saturated rings. The van der Waals surface area contributed by atoms with E-state index in [1.807, 2.05) is 49.4 Å². The molecule has 0 spiro atoms. The van der Waals surface area contributed by atoms with Crippen molar-refractivity contribution in [2.24, 2.45) is 0 Å². The number of fused-ring (bicyclic) bond motifs is 1. The first-order chi connectivity index (χ1) is 14.0. The van der Waals surface area contributed by atoms with E-state index in [9.17, 15) is 9.18 Å². The second kappa shape index (κ2) is 8.21. The van der Waals surface area contributed by atoms with Crippen LogP contribution in [0.3, 0.4) is 0 Å². The summed E-state index contributed by atoms with van der Waals surface area (Å²) in [5, 5.41) is 2.95. The Morgan fingerprint density at radius 3 is 2.41 bits per heavy atom. The standard InChI is InChI=1S/C23H20Cl2FNO2/c1-14(16-9-4-7-15-6-2-3-8-17(15)16)27(22-12-21(22)26)23(28)29-13-18-19(24)10-5-11-20(18)25/h2-11,14,21-22H,12-13H2,1H3/t14-,21-,22-/m0/s1. The SMILES string of the molecule is C[C@@H](c1cccc2ccccc12)N(C(=O)OCc1c(Cl)cccc1Cl)[C@H]1C[C@@H]1F. The lowest BCUT2D eigenvalue weighted by Crippen LogP contribution is -2.37. The highest BCUT2D eigenvalue weighted by Gasteiger charge is 2.47. The number of rotatable bonds is 5. The van der Waals surface area contributed by atoms with Gasteiger partial charge in [0.05, 0.1) is 12.1 Å². The smallest absolute Gasteiger partial charge is 0.410 e. The van der Waals surface area contributed by atoms with E-state index in [0.29, 0.717) is 22.0 Å². The molecule has 3 aromatic rings. The number of hydrogen-bond acceptors (Lipinski definition) is 2. The summed E-state index contributed by atoms with van der Waals surface area (Å²) in [7, 11) is 0. The predicted octanol–water partition coefficient (Wildman–Crippen LogP) is 6.96. The highest BCUT2D eigenvalue weighted by molar-refractivity contribution is 6.35. The Morgan fingerprint density at radius 1 is 1.10 bits per heavy atom. The average molecular weight is 432 g/mol. The molecule has 3 nitrogen and oxygen atoms in total. The predicted molar refractivity (Wildman–Crippen MR) is 114 cm³/mol. The summed E-state index contributed by atoms with van der Waals surface area (Å²) >= 11 is 12.3. The maximum absolute atomic E-state index is 14.0. The van der Waals surface area contributed by atoms with Gasteiger partial charge < -0.3 is 4.74 Å². The van der Waals surface area contributed by atoms with Crippen molar-refractivity contribution in [1.29, 1.82) is 0 Å². The van der Waals surface area contributed by atoms with Crippen molar-refractivity contribution in [2.75, 3.05) is 0 Å². The highest BCUT2D eigenvalue weighted by atomic mass is 35.5. The van der Waals surface area contributed by atoms with Crippen LogP contribution in [0.15, 0.2) is 60.7 Å². The minimum Gasteiger partial charge on any atom is -0.444 e. The topological polar surface area (TPSA) is 29.5 Å². The summed E-state index contributed by atoms with van der Waals surface area (Å²) in [6, 6.07) is 18.1. The Bertz CT molecular complexity index is 1030. The molecule has 1 saturated carbocycles. The van der Waals surface area contributed by atoms with Gasteiger partial charge in [0, 0.05) is 22.0 Å². The first-order valence-electron chi connectivity index (χ1n) is 9.47. The number of halogens is 3. The zero-order valence-corrected chi connectivity index (χ0v) is 17.3. The number of hydrogen-bond donors (Lipinski definition) is 0. The lowest BCUT2D eigenvalue weighted by atomic mass is 9.99. The Balaban J connectivity index is 1.60. The monoisotopic (exact) mass is 431 g/mol. The maximum atomic E-state index is 14.0. The minimum absolute atomic E-state index is 0.0697. The van der Waals surface area contributed by atoms with E-state index in [4.69, 9.17) is 27.9 Å². The number of carbonyl (C=O) groups excluding carboxylic acids is 1. The molecule has 150 valence electrons. The van der Waals surface area contributed by atoms with E-state index in [1.54, 1.807) is 18.2 Å². The van der Waals surface area contributed by atoms with Gasteiger partial charge in [-0.1, -0.05) is 71.7 Å². The van der Waals surface area contributed by atoms with Crippen molar-refractivity contribution in [3.05, 3.63) is 81.8 Å². The van der Waals surface area contributed by atoms with E-state index in [0.717, 1.165) is 16.3 Å². The van der Waals surface area contributed by atoms with E-state index in [-0.39, 0.29) is 12.6 Å². The molecule has 6 heteroatoms. The molecule has 29 heavy (non-hydrogen) atoms. The van der Waals surface area contributed by atoms with Crippen LogP contribution in [0.4, 0.5) is 9.18 Å². The Kier molecular flexibility index (Phi) is 5.66. The van der Waals surface area contributed by atoms with Gasteiger partial charge in [0.1, 0.15) is 12.8 Å². The van der Waals surface area contributed by atoms with Crippen molar-refractivity contribution in [1.82, 2.24) is 4.90 Å². The van der Waals surface area contributed by atoms with Gasteiger partial charge in [0.2, 0.25) is 0 Å². The van der Waals surface area contributed by atoms with Crippen LogP contribution in [0.5, 0.6) is 0 Å². The van der Waals surface area contributed by atoms with Gasteiger partial charge in [-0.3, -0.25) is 4.90 Å². The van der Waals surface area contributed by atoms with Gasteiger partial charge in [-0.25, -0.2) is 9.18 Å². The Morgan fingerprint density at radius 2 is 1.72 bits per heavy atom. The number of ether oxygens (including phenoxy) is 1. The third-order valence-corrected chi connectivity index (χ3v) is 6.05. The molecule has 3 aromatic carbocycles. The molecule has 3 atom stereocenters. The first-order valence-corrected chi connectivity index (χ1v) is 10.2. The molecule has 1 aliphatic carbocycles. The zero-order valence-electron chi connectivity index (χ0n) is 15.8. The van der Waals surface area contributed by atoms with E-state index < -0.39 is 18.3 Å². The highest BCUT2D eigenvalue weighted by Crippen LogP contribution is 2.39. The van der Waals surface area contributed by atoms with Crippen LogP contribution in [0.1, 0.15) is 30.5 Å². The molecule has 0 heterocycles. The van der Waals surface area contributed by atoms with Crippen molar-refractivity contribution in [2.45, 2.75) is 38.2 Å². The second-order valence-corrected chi connectivity index (χ2v) is 8.04. The van der Waals surface area contributed by atoms with Crippen molar-refractivity contribution < 1.29 is 13.9 Å². The molecule has 0 aliphatic heterocycles. The molecular weight excluding hydrogens is 412 g/mol. The molecule has 1 amide bonds. The minimum atomic E-state index is -1.04. The van der Waals surface area contributed by atoms with Gasteiger partial charge in [-0.2, -0.15) is 0 Å². The number of nitrogens with zero attached hydrogens (tertiary/aromatic N) is 1. The molecular formula is C23H20Cl2FNO2. The van der Waals surface area contributed by atoms with E-state index >= 15 is 0 Å². The fourth-order valence-electron chi connectivity index (χ4n) is 3.66. The molecule has 0 N–H and O–H groups in total. The average Bonchev–Trinajstić information content (AvgIpc) is 3.43. The molecule has 0 saturated heterocycles. The van der Waals surface area contributed by atoms with Crippen molar-refractivity contribution in [3.63, 3.8) is 0 Å². The molecule has 0 bridgehead atoms. The number of benzene rings is 3. The summed E-state index contributed by atoms with van der Waals surface area (Å²) < 4.78 is 19.5. The van der Waals surface area contributed by atoms with E-state index in [1.165, 1.54) is 4.90 Å². The largest absolute Gasteiger partial charge is 0.444 e. The lowest BCUT2D eigenvalue weighted by Gasteiger charge is -2.29. The lowest BCUT2D eigenvalue weighted by molar-refractivity contribution is 0.0764. The van der Waals surface area contributed by atoms with Crippen molar-refractivity contribution in [3.8, 4) is 0 Å². The van der Waals surface area contributed by atoms with Gasteiger partial charge >= 0.3 is 6.09 Å². The van der Waals surface area contributed by atoms with Crippen LogP contribution in [0.25, 0.3) is 10.8 Å². The summed E-state index contributed by atoms with van der Waals surface area (Å²) in [5.41, 5.74) is 1.49. The Hall–Kier alpha value is -2.30. The normalized spacial score (nSPS) is 19.0. The fraction of sp³-hybridized carbons (Fsp3) is 0.261. The fourth-order valence-corrected chi connectivity index (χ4v) is 4.17. The molecule has 1 aliphatic rings.